The first-order valence-corrected chi connectivity index (χ1v) is 5.21. The minimum atomic E-state index is -0.706. The summed E-state index contributed by atoms with van der Waals surface area (Å²) in [6.07, 6.45) is 1.90. The van der Waals surface area contributed by atoms with Gasteiger partial charge in [-0.05, 0) is 43.2 Å². The quantitative estimate of drug-likeness (QED) is 0.851. The zero-order valence-electron chi connectivity index (χ0n) is 6.84. The lowest BCUT2D eigenvalue weighted by atomic mass is 10.1. The molecule has 1 aliphatic rings. The Balaban J connectivity index is 2.73. The van der Waals surface area contributed by atoms with Gasteiger partial charge in [0.25, 0.3) is 0 Å². The molecule has 1 fully saturated rings. The van der Waals surface area contributed by atoms with Crippen molar-refractivity contribution in [3.63, 3.8) is 0 Å². The third-order valence-corrected chi connectivity index (χ3v) is 3.01. The first-order chi connectivity index (χ1) is 5.37. The summed E-state index contributed by atoms with van der Waals surface area (Å²) in [5.74, 6) is -0.797. The lowest BCUT2D eigenvalue weighted by Gasteiger charge is -1.96. The Kier molecular flexibility index (Phi) is 2.69. The Morgan fingerprint density at radius 1 is 1.50 bits per heavy atom. The van der Waals surface area contributed by atoms with Gasteiger partial charge in [0, 0.05) is 0 Å². The largest absolute Gasteiger partial charge is 0.481 e. The number of halogens is 2. The number of carboxylic acid groups (broad SMARTS) is 1. The van der Waals surface area contributed by atoms with Crippen LogP contribution in [0, 0.1) is 17.3 Å². The maximum Gasteiger partial charge on any atom is 0.307 e. The maximum absolute atomic E-state index is 10.7. The molecular weight excluding hydrogens is 288 g/mol. The molecule has 0 aromatic heterocycles. The summed E-state index contributed by atoms with van der Waals surface area (Å²) in [7, 11) is 0. The van der Waals surface area contributed by atoms with Gasteiger partial charge in [-0.1, -0.05) is 19.9 Å². The van der Waals surface area contributed by atoms with E-state index in [0.29, 0.717) is 0 Å². The smallest absolute Gasteiger partial charge is 0.307 e. The van der Waals surface area contributed by atoms with Crippen molar-refractivity contribution in [3.8, 4) is 0 Å². The Labute approximate surface area is 88.3 Å². The number of aliphatic carboxylic acids is 1. The topological polar surface area (TPSA) is 37.3 Å². The number of carboxylic acids is 1. The number of allylic oxidation sites excluding steroid dienone is 1. The van der Waals surface area contributed by atoms with E-state index in [0.717, 1.165) is 3.39 Å². The van der Waals surface area contributed by atoms with Gasteiger partial charge in [-0.3, -0.25) is 4.79 Å². The van der Waals surface area contributed by atoms with E-state index in [-0.39, 0.29) is 17.3 Å². The van der Waals surface area contributed by atoms with Gasteiger partial charge in [0.15, 0.2) is 0 Å². The van der Waals surface area contributed by atoms with Crippen LogP contribution in [-0.2, 0) is 4.79 Å². The Hall–Kier alpha value is 0.170. The fraction of sp³-hybridized carbons (Fsp3) is 0.625. The molecule has 1 saturated carbocycles. The van der Waals surface area contributed by atoms with Crippen LogP contribution in [0.5, 0.6) is 0 Å². The summed E-state index contributed by atoms with van der Waals surface area (Å²) in [5, 5.41) is 8.81. The second kappa shape index (κ2) is 3.14. The van der Waals surface area contributed by atoms with Crippen molar-refractivity contribution in [1.29, 1.82) is 0 Å². The van der Waals surface area contributed by atoms with Crippen molar-refractivity contribution < 1.29 is 9.90 Å². The molecule has 68 valence electrons. The van der Waals surface area contributed by atoms with Gasteiger partial charge in [-0.25, -0.2) is 0 Å². The molecule has 4 heteroatoms. The molecule has 0 radical (unpaired) electrons. The predicted molar refractivity (Wildman–Crippen MR) is 54.3 cm³/mol. The highest BCUT2D eigenvalue weighted by Crippen LogP contribution is 2.59. The molecular formula is C8H10Br2O2. The molecule has 1 rings (SSSR count). The van der Waals surface area contributed by atoms with E-state index < -0.39 is 5.97 Å². The molecule has 0 spiro atoms. The van der Waals surface area contributed by atoms with Gasteiger partial charge in [0.1, 0.15) is 0 Å². The average molecular weight is 298 g/mol. The van der Waals surface area contributed by atoms with E-state index in [1.54, 1.807) is 0 Å². The van der Waals surface area contributed by atoms with Crippen LogP contribution in [0.2, 0.25) is 0 Å². The maximum atomic E-state index is 10.7. The standard InChI is InChI=1S/C8H10Br2O2/c1-8(2)4(3-5(9)10)6(8)7(11)12/h3-4,6H,1-2H3,(H,11,12)/t4?,6-/m0/s1. The molecule has 1 aliphatic carbocycles. The van der Waals surface area contributed by atoms with Crippen LogP contribution in [0.15, 0.2) is 9.47 Å². The molecule has 2 atom stereocenters. The van der Waals surface area contributed by atoms with E-state index in [2.05, 4.69) is 31.9 Å². The summed E-state index contributed by atoms with van der Waals surface area (Å²) in [6.45, 7) is 3.94. The van der Waals surface area contributed by atoms with Crippen LogP contribution < -0.4 is 0 Å². The van der Waals surface area contributed by atoms with E-state index >= 15 is 0 Å². The highest BCUT2D eigenvalue weighted by atomic mass is 79.9. The van der Waals surface area contributed by atoms with Crippen molar-refractivity contribution in [2.24, 2.45) is 17.3 Å². The third kappa shape index (κ3) is 1.74. The van der Waals surface area contributed by atoms with Gasteiger partial charge in [0.2, 0.25) is 0 Å². The molecule has 12 heavy (non-hydrogen) atoms. The molecule has 0 aromatic rings. The van der Waals surface area contributed by atoms with Crippen molar-refractivity contribution in [2.45, 2.75) is 13.8 Å². The third-order valence-electron chi connectivity index (χ3n) is 2.48. The van der Waals surface area contributed by atoms with Gasteiger partial charge >= 0.3 is 5.97 Å². The minimum Gasteiger partial charge on any atom is -0.481 e. The van der Waals surface area contributed by atoms with Gasteiger partial charge < -0.3 is 5.11 Å². The van der Waals surface area contributed by atoms with Gasteiger partial charge in [-0.15, -0.1) is 0 Å². The molecule has 0 saturated heterocycles. The predicted octanol–water partition coefficient (Wildman–Crippen LogP) is 2.97. The van der Waals surface area contributed by atoms with Crippen molar-refractivity contribution in [2.75, 3.05) is 0 Å². The SMILES string of the molecule is CC1(C)C(C=C(Br)Br)[C@H]1C(=O)O. The molecule has 0 amide bonds. The second-order valence-corrected chi connectivity index (χ2v) is 6.39. The molecule has 1 N–H and O–H groups in total. The Morgan fingerprint density at radius 3 is 2.25 bits per heavy atom. The Bertz CT molecular complexity index is 241. The van der Waals surface area contributed by atoms with E-state index in [9.17, 15) is 4.79 Å². The van der Waals surface area contributed by atoms with Crippen LogP contribution in [0.25, 0.3) is 0 Å². The summed E-state index contributed by atoms with van der Waals surface area (Å²) < 4.78 is 0.830. The van der Waals surface area contributed by atoms with Gasteiger partial charge in [0.05, 0.1) is 9.31 Å². The second-order valence-electron chi connectivity index (χ2n) is 3.62. The van der Waals surface area contributed by atoms with E-state index in [1.807, 2.05) is 19.9 Å². The van der Waals surface area contributed by atoms with Crippen LogP contribution in [0.1, 0.15) is 13.8 Å². The summed E-state index contributed by atoms with van der Waals surface area (Å²) in [6, 6.07) is 0. The molecule has 0 heterocycles. The highest BCUT2D eigenvalue weighted by molar-refractivity contribution is 9.28. The van der Waals surface area contributed by atoms with E-state index in [4.69, 9.17) is 5.11 Å². The number of carbonyl (C=O) groups is 1. The van der Waals surface area contributed by atoms with Crippen molar-refractivity contribution in [1.82, 2.24) is 0 Å². The fourth-order valence-corrected chi connectivity index (χ4v) is 2.17. The zero-order valence-corrected chi connectivity index (χ0v) is 10.0. The number of hydrogen-bond acceptors (Lipinski definition) is 1. The molecule has 0 aliphatic heterocycles. The summed E-state index contributed by atoms with van der Waals surface area (Å²) in [5.41, 5.74) is -0.0986. The van der Waals surface area contributed by atoms with E-state index in [1.165, 1.54) is 0 Å². The highest BCUT2D eigenvalue weighted by Gasteiger charge is 2.60. The Morgan fingerprint density at radius 2 is 2.00 bits per heavy atom. The van der Waals surface area contributed by atoms with Gasteiger partial charge in [-0.2, -0.15) is 0 Å². The summed E-state index contributed by atoms with van der Waals surface area (Å²) >= 11 is 6.46. The fourth-order valence-electron chi connectivity index (χ4n) is 1.60. The molecule has 0 bridgehead atoms. The average Bonchev–Trinajstić information content (AvgIpc) is 2.32. The zero-order chi connectivity index (χ0) is 9.52. The molecule has 0 aromatic carbocycles. The van der Waals surface area contributed by atoms with Crippen LogP contribution in [-0.4, -0.2) is 11.1 Å². The minimum absolute atomic E-state index is 0.0986. The normalized spacial score (nSPS) is 31.0. The van der Waals surface area contributed by atoms with Crippen LogP contribution >= 0.6 is 31.9 Å². The lowest BCUT2D eigenvalue weighted by molar-refractivity contribution is -0.139. The van der Waals surface area contributed by atoms with Crippen LogP contribution in [0.3, 0.4) is 0 Å². The first kappa shape index (κ1) is 10.3. The monoisotopic (exact) mass is 296 g/mol. The molecule has 2 nitrogen and oxygen atoms in total. The lowest BCUT2D eigenvalue weighted by Crippen LogP contribution is -2.02. The van der Waals surface area contributed by atoms with Crippen molar-refractivity contribution >= 4 is 37.8 Å². The number of hydrogen-bond donors (Lipinski definition) is 1. The first-order valence-electron chi connectivity index (χ1n) is 3.63. The molecule has 1 unspecified atom stereocenters. The number of rotatable bonds is 2. The van der Waals surface area contributed by atoms with Crippen molar-refractivity contribution in [3.05, 3.63) is 9.47 Å². The van der Waals surface area contributed by atoms with Crippen LogP contribution in [0.4, 0.5) is 0 Å². The summed E-state index contributed by atoms with van der Waals surface area (Å²) in [4.78, 5) is 10.7.